The van der Waals surface area contributed by atoms with Crippen LogP contribution in [0.3, 0.4) is 0 Å². The first-order chi connectivity index (χ1) is 15.4. The second-order valence-electron chi connectivity index (χ2n) is 6.96. The largest absolute Gasteiger partial charge is 0.462 e. The molecule has 0 radical (unpaired) electrons. The van der Waals surface area contributed by atoms with E-state index in [2.05, 4.69) is 5.10 Å². The number of benzene rings is 2. The summed E-state index contributed by atoms with van der Waals surface area (Å²) in [5.74, 6) is 0.444. The van der Waals surface area contributed by atoms with Crippen molar-refractivity contribution in [3.05, 3.63) is 81.5 Å². The number of nitrogens with zero attached hydrogens (tertiary/aromatic N) is 2. The average Bonchev–Trinajstić information content (AvgIpc) is 3.36. The predicted molar refractivity (Wildman–Crippen MR) is 125 cm³/mol. The second kappa shape index (κ2) is 9.02. The Morgan fingerprint density at radius 1 is 1.09 bits per heavy atom. The van der Waals surface area contributed by atoms with Gasteiger partial charge in [0, 0.05) is 5.56 Å². The van der Waals surface area contributed by atoms with E-state index < -0.39 is 0 Å². The third-order valence-corrected chi connectivity index (χ3v) is 5.54. The molecule has 0 saturated heterocycles. The molecule has 2 aromatic carbocycles. The second-order valence-corrected chi connectivity index (χ2v) is 7.77. The SMILES string of the molecule is CCOC(=O)c1ccc(-c2ccc(C=C3C(=O)N(c4ccc(Cl)c(Cl)c4)N=C3C)o2)cc1. The third kappa shape index (κ3) is 4.33. The van der Waals surface area contributed by atoms with Crippen molar-refractivity contribution in [2.24, 2.45) is 5.10 Å². The van der Waals surface area contributed by atoms with Crippen LogP contribution in [0.2, 0.25) is 10.0 Å². The lowest BCUT2D eigenvalue weighted by molar-refractivity contribution is -0.114. The number of ether oxygens (including phenoxy) is 1. The lowest BCUT2D eigenvalue weighted by Crippen LogP contribution is -2.21. The maximum atomic E-state index is 12.9. The topological polar surface area (TPSA) is 72.1 Å². The molecule has 0 N–H and O–H groups in total. The zero-order valence-corrected chi connectivity index (χ0v) is 18.8. The summed E-state index contributed by atoms with van der Waals surface area (Å²) in [6, 6.07) is 15.4. The van der Waals surface area contributed by atoms with Gasteiger partial charge in [-0.2, -0.15) is 10.1 Å². The molecule has 0 aliphatic carbocycles. The average molecular weight is 469 g/mol. The molecule has 8 heteroatoms. The van der Waals surface area contributed by atoms with Crippen LogP contribution in [-0.4, -0.2) is 24.2 Å². The Morgan fingerprint density at radius 3 is 2.53 bits per heavy atom. The minimum atomic E-state index is -0.370. The van der Waals surface area contributed by atoms with Crippen molar-refractivity contribution < 1.29 is 18.7 Å². The lowest BCUT2D eigenvalue weighted by atomic mass is 10.1. The van der Waals surface area contributed by atoms with Crippen LogP contribution >= 0.6 is 23.2 Å². The summed E-state index contributed by atoms with van der Waals surface area (Å²) in [7, 11) is 0. The number of furan rings is 1. The fraction of sp³-hybridized carbons (Fsp3) is 0.125. The molecule has 0 fully saturated rings. The van der Waals surface area contributed by atoms with Gasteiger partial charge in [-0.15, -0.1) is 0 Å². The van der Waals surface area contributed by atoms with E-state index in [0.717, 1.165) is 5.56 Å². The fourth-order valence-electron chi connectivity index (χ4n) is 3.19. The van der Waals surface area contributed by atoms with Crippen molar-refractivity contribution in [2.75, 3.05) is 11.6 Å². The van der Waals surface area contributed by atoms with Crippen LogP contribution in [0.1, 0.15) is 30.0 Å². The minimum Gasteiger partial charge on any atom is -0.462 e. The van der Waals surface area contributed by atoms with Gasteiger partial charge in [0.15, 0.2) is 0 Å². The number of anilines is 1. The number of rotatable bonds is 5. The van der Waals surface area contributed by atoms with E-state index in [9.17, 15) is 9.59 Å². The standard InChI is InChI=1S/C24H18Cl2N2O4/c1-3-31-24(30)16-6-4-15(5-7-16)22-11-9-18(32-22)13-19-14(2)27-28(23(19)29)17-8-10-20(25)21(26)12-17/h4-13H,3H2,1-2H3. The number of hydrazone groups is 1. The molecule has 0 spiro atoms. The zero-order chi connectivity index (χ0) is 22.8. The first-order valence-electron chi connectivity index (χ1n) is 9.81. The van der Waals surface area contributed by atoms with Crippen LogP contribution < -0.4 is 5.01 Å². The number of halogens is 2. The molecular formula is C24H18Cl2N2O4. The Bertz CT molecular complexity index is 1260. The summed E-state index contributed by atoms with van der Waals surface area (Å²) in [5.41, 5.74) is 2.75. The molecule has 162 valence electrons. The van der Waals surface area contributed by atoms with Crippen molar-refractivity contribution >= 4 is 52.6 Å². The Balaban J connectivity index is 1.55. The van der Waals surface area contributed by atoms with E-state index in [1.54, 1.807) is 74.5 Å². The molecule has 1 aromatic heterocycles. The van der Waals surface area contributed by atoms with Crippen molar-refractivity contribution in [1.82, 2.24) is 0 Å². The van der Waals surface area contributed by atoms with Gasteiger partial charge in [0.1, 0.15) is 11.5 Å². The first kappa shape index (κ1) is 21.9. The summed E-state index contributed by atoms with van der Waals surface area (Å²) in [4.78, 5) is 24.7. The number of carbonyl (C=O) groups is 2. The predicted octanol–water partition coefficient (Wildman–Crippen LogP) is 6.24. The highest BCUT2D eigenvalue weighted by Gasteiger charge is 2.29. The van der Waals surface area contributed by atoms with Crippen LogP contribution in [0, 0.1) is 0 Å². The monoisotopic (exact) mass is 468 g/mol. The molecule has 1 aliphatic rings. The Morgan fingerprint density at radius 2 is 1.84 bits per heavy atom. The molecule has 1 aliphatic heterocycles. The van der Waals surface area contributed by atoms with E-state index in [1.807, 2.05) is 0 Å². The van der Waals surface area contributed by atoms with Crippen molar-refractivity contribution in [3.8, 4) is 11.3 Å². The van der Waals surface area contributed by atoms with E-state index in [1.165, 1.54) is 5.01 Å². The smallest absolute Gasteiger partial charge is 0.338 e. The fourth-order valence-corrected chi connectivity index (χ4v) is 3.48. The number of esters is 1. The molecule has 4 rings (SSSR count). The van der Waals surface area contributed by atoms with E-state index in [0.29, 0.717) is 50.7 Å². The summed E-state index contributed by atoms with van der Waals surface area (Å²) in [6.45, 7) is 3.83. The van der Waals surface area contributed by atoms with Crippen molar-refractivity contribution in [1.29, 1.82) is 0 Å². The number of amides is 1. The molecule has 32 heavy (non-hydrogen) atoms. The van der Waals surface area contributed by atoms with E-state index >= 15 is 0 Å². The van der Waals surface area contributed by atoms with E-state index in [4.69, 9.17) is 32.4 Å². The van der Waals surface area contributed by atoms with Gasteiger partial charge in [0.05, 0.1) is 39.2 Å². The Kier molecular flexibility index (Phi) is 6.17. The van der Waals surface area contributed by atoms with Gasteiger partial charge in [0.2, 0.25) is 0 Å². The summed E-state index contributed by atoms with van der Waals surface area (Å²) in [5, 5.41) is 6.36. The molecule has 2 heterocycles. The van der Waals surface area contributed by atoms with Crippen LogP contribution in [0.15, 0.2) is 69.7 Å². The van der Waals surface area contributed by atoms with Crippen LogP contribution in [0.25, 0.3) is 17.4 Å². The maximum absolute atomic E-state index is 12.9. The van der Waals surface area contributed by atoms with Gasteiger partial charge in [-0.25, -0.2) is 4.79 Å². The summed E-state index contributed by atoms with van der Waals surface area (Å²) in [6.07, 6.45) is 1.65. The summed E-state index contributed by atoms with van der Waals surface area (Å²) >= 11 is 12.0. The van der Waals surface area contributed by atoms with Gasteiger partial charge in [0.25, 0.3) is 5.91 Å². The van der Waals surface area contributed by atoms with Crippen LogP contribution in [-0.2, 0) is 9.53 Å². The number of carbonyl (C=O) groups excluding carboxylic acids is 2. The number of hydrogen-bond acceptors (Lipinski definition) is 5. The Labute approximate surface area is 194 Å². The van der Waals surface area contributed by atoms with Crippen LogP contribution in [0.5, 0.6) is 0 Å². The minimum absolute atomic E-state index is 0.294. The van der Waals surface area contributed by atoms with E-state index in [-0.39, 0.29) is 11.9 Å². The molecular weight excluding hydrogens is 451 g/mol. The molecule has 0 bridgehead atoms. The summed E-state index contributed by atoms with van der Waals surface area (Å²) < 4.78 is 10.9. The maximum Gasteiger partial charge on any atom is 0.338 e. The van der Waals surface area contributed by atoms with Gasteiger partial charge in [-0.05, 0) is 62.4 Å². The highest BCUT2D eigenvalue weighted by atomic mass is 35.5. The lowest BCUT2D eigenvalue weighted by Gasteiger charge is -2.12. The third-order valence-electron chi connectivity index (χ3n) is 4.80. The van der Waals surface area contributed by atoms with Gasteiger partial charge >= 0.3 is 5.97 Å². The van der Waals surface area contributed by atoms with Gasteiger partial charge < -0.3 is 9.15 Å². The highest BCUT2D eigenvalue weighted by Crippen LogP contribution is 2.31. The normalized spacial score (nSPS) is 14.8. The van der Waals surface area contributed by atoms with Gasteiger partial charge in [-0.1, -0.05) is 35.3 Å². The van der Waals surface area contributed by atoms with Crippen LogP contribution in [0.4, 0.5) is 5.69 Å². The molecule has 0 atom stereocenters. The quantitative estimate of drug-likeness (QED) is 0.328. The Hall–Kier alpha value is -3.35. The molecule has 0 saturated carbocycles. The van der Waals surface area contributed by atoms with Crippen molar-refractivity contribution in [3.63, 3.8) is 0 Å². The molecule has 6 nitrogen and oxygen atoms in total. The zero-order valence-electron chi connectivity index (χ0n) is 17.3. The molecule has 0 unspecified atom stereocenters. The molecule has 1 amide bonds. The van der Waals surface area contributed by atoms with Gasteiger partial charge in [-0.3, -0.25) is 4.79 Å². The van der Waals surface area contributed by atoms with Crippen molar-refractivity contribution in [2.45, 2.75) is 13.8 Å². The first-order valence-corrected chi connectivity index (χ1v) is 10.6. The number of hydrogen-bond donors (Lipinski definition) is 0. The molecule has 3 aromatic rings. The highest BCUT2D eigenvalue weighted by molar-refractivity contribution is 6.42.